The number of carbonyl (C=O) groups is 2. The average molecular weight is 208 g/mol. The summed E-state index contributed by atoms with van der Waals surface area (Å²) in [7, 11) is 0. The molecule has 0 N–H and O–H groups in total. The van der Waals surface area contributed by atoms with Gasteiger partial charge in [0.25, 0.3) is 0 Å². The van der Waals surface area contributed by atoms with Crippen LogP contribution in [0.2, 0.25) is 0 Å². The third kappa shape index (κ3) is 22.6. The predicted molar refractivity (Wildman–Crippen MR) is 59.8 cm³/mol. The molecule has 0 aliphatic rings. The zero-order valence-corrected chi connectivity index (χ0v) is 9.11. The molecule has 4 heteroatoms. The van der Waals surface area contributed by atoms with E-state index in [4.69, 9.17) is 0 Å². The summed E-state index contributed by atoms with van der Waals surface area (Å²) in [4.78, 5) is 19.9. The molecule has 12 heavy (non-hydrogen) atoms. The molecule has 0 fully saturated rings. The molecule has 0 aromatic heterocycles. The van der Waals surface area contributed by atoms with Crippen molar-refractivity contribution >= 4 is 35.4 Å². The summed E-state index contributed by atoms with van der Waals surface area (Å²) in [5.74, 6) is -0.285. The number of thiol groups is 2. The first-order valence-corrected chi connectivity index (χ1v) is 5.09. The lowest BCUT2D eigenvalue weighted by Gasteiger charge is -1.85. The minimum atomic E-state index is -0.285. The molecule has 0 unspecified atom stereocenters. The zero-order chi connectivity index (χ0) is 10.4. The van der Waals surface area contributed by atoms with Gasteiger partial charge in [0.2, 0.25) is 0 Å². The highest BCUT2D eigenvalue weighted by Crippen LogP contribution is 1.91. The van der Waals surface area contributed by atoms with Crippen molar-refractivity contribution in [1.29, 1.82) is 0 Å². The predicted octanol–water partition coefficient (Wildman–Crippen LogP) is 2.51. The van der Waals surface area contributed by atoms with Gasteiger partial charge in [-0.3, -0.25) is 9.59 Å². The minimum Gasteiger partial charge on any atom is -0.295 e. The maximum absolute atomic E-state index is 10.2. The van der Waals surface area contributed by atoms with Crippen LogP contribution in [0.4, 0.5) is 0 Å². The van der Waals surface area contributed by atoms with E-state index < -0.39 is 0 Å². The molecule has 0 saturated heterocycles. The van der Waals surface area contributed by atoms with Gasteiger partial charge in [0, 0.05) is 6.42 Å². The average Bonchev–Trinajstić information content (AvgIpc) is 2.20. The van der Waals surface area contributed by atoms with Gasteiger partial charge in [-0.25, -0.2) is 0 Å². The van der Waals surface area contributed by atoms with E-state index in [-0.39, 0.29) is 5.78 Å². The van der Waals surface area contributed by atoms with Crippen LogP contribution < -0.4 is 0 Å². The number of hydrogen-bond donors (Lipinski definition) is 2. The number of carbonyl (C=O) groups excluding carboxylic acids is 2. The van der Waals surface area contributed by atoms with Crippen molar-refractivity contribution in [3.8, 4) is 0 Å². The van der Waals surface area contributed by atoms with Gasteiger partial charge in [0.15, 0.2) is 12.1 Å². The largest absolute Gasteiger partial charge is 0.295 e. The number of Topliss-reactive ketones (excluding diaryl/α,β-unsaturated/α-hetero) is 1. The third-order valence-corrected chi connectivity index (χ3v) is 0.908. The molecule has 0 atom stereocenters. The summed E-state index contributed by atoms with van der Waals surface area (Å²) >= 11 is 6.44. The molecule has 0 rings (SSSR count). The Hall–Kier alpha value is -0.220. The van der Waals surface area contributed by atoms with Crippen LogP contribution in [0.25, 0.3) is 0 Å². The van der Waals surface area contributed by atoms with E-state index >= 15 is 0 Å². The van der Waals surface area contributed by atoms with Gasteiger partial charge in [0.1, 0.15) is 0 Å². The van der Waals surface area contributed by atoms with Gasteiger partial charge in [-0.1, -0.05) is 13.3 Å². The molecule has 0 radical (unpaired) electrons. The Balaban J connectivity index is -0.000000175. The second-order valence-corrected chi connectivity index (χ2v) is 1.69. The molecule has 72 valence electrons. The van der Waals surface area contributed by atoms with Crippen LogP contribution in [0.15, 0.2) is 13.2 Å². The molecule has 0 saturated carbocycles. The minimum absolute atomic E-state index is 0.285. The van der Waals surface area contributed by atoms with E-state index in [1.807, 2.05) is 6.92 Å². The maximum Gasteiger partial charge on any atom is 0.195 e. The van der Waals surface area contributed by atoms with E-state index in [1.165, 1.54) is 0 Å². The Morgan fingerprint density at radius 1 is 1.42 bits per heavy atom. The Morgan fingerprint density at radius 2 is 1.83 bits per heavy atom. The van der Waals surface area contributed by atoms with Crippen LogP contribution in [0.5, 0.6) is 0 Å². The quantitative estimate of drug-likeness (QED) is 0.245. The van der Waals surface area contributed by atoms with Crippen LogP contribution >= 0.6 is 23.3 Å². The molecule has 0 aliphatic heterocycles. The molecule has 0 bridgehead atoms. The van der Waals surface area contributed by atoms with Crippen molar-refractivity contribution in [3.05, 3.63) is 13.2 Å². The van der Waals surface area contributed by atoms with Gasteiger partial charge in [0.05, 0.1) is 0 Å². The Bertz CT molecular complexity index is 105. The summed E-state index contributed by atoms with van der Waals surface area (Å²) in [6, 6.07) is 0. The zero-order valence-electron chi connectivity index (χ0n) is 7.32. The molecule has 2 nitrogen and oxygen atoms in total. The Kier molecular flexibility index (Phi) is 33.2. The van der Waals surface area contributed by atoms with Crippen molar-refractivity contribution in [3.63, 3.8) is 0 Å². The number of ketones is 1. The highest BCUT2D eigenvalue weighted by atomic mass is 33.1. The molecule has 0 aromatic rings. The second kappa shape index (κ2) is 22.4. The summed E-state index contributed by atoms with van der Waals surface area (Å²) in [6.07, 6.45) is 2.60. The standard InChI is InChI=1S/C6H10O2.C2H4.H2S2/c1-2-3-4-6(8)5-7;2*1-2/h5H,2-4H2,1H3;1-2H2;1-2H. The maximum atomic E-state index is 10.2. The topological polar surface area (TPSA) is 34.1 Å². The van der Waals surface area contributed by atoms with Crippen LogP contribution in [-0.4, -0.2) is 12.1 Å². The first kappa shape index (κ1) is 17.8. The van der Waals surface area contributed by atoms with Crippen molar-refractivity contribution in [1.82, 2.24) is 0 Å². The Labute approximate surface area is 84.6 Å². The molecular formula is C8H16O2S2. The fourth-order valence-electron chi connectivity index (χ4n) is 0.410. The molecular weight excluding hydrogens is 192 g/mol. The van der Waals surface area contributed by atoms with Crippen molar-refractivity contribution < 1.29 is 9.59 Å². The Morgan fingerprint density at radius 3 is 2.08 bits per heavy atom. The second-order valence-electron chi connectivity index (χ2n) is 1.69. The van der Waals surface area contributed by atoms with Gasteiger partial charge < -0.3 is 0 Å². The van der Waals surface area contributed by atoms with Crippen LogP contribution in [-0.2, 0) is 9.59 Å². The number of hydrogen-bond acceptors (Lipinski definition) is 4. The fraction of sp³-hybridized carbons (Fsp3) is 0.500. The first-order chi connectivity index (χ1) is 5.81. The van der Waals surface area contributed by atoms with Gasteiger partial charge in [-0.2, -0.15) is 0 Å². The molecule has 0 aliphatic carbocycles. The van der Waals surface area contributed by atoms with Gasteiger partial charge >= 0.3 is 0 Å². The van der Waals surface area contributed by atoms with Crippen molar-refractivity contribution in [2.24, 2.45) is 0 Å². The molecule has 0 aromatic carbocycles. The van der Waals surface area contributed by atoms with E-state index in [2.05, 4.69) is 36.5 Å². The van der Waals surface area contributed by atoms with E-state index in [0.717, 1.165) is 12.8 Å². The van der Waals surface area contributed by atoms with Crippen LogP contribution in [0, 0.1) is 0 Å². The van der Waals surface area contributed by atoms with Crippen molar-refractivity contribution in [2.45, 2.75) is 26.2 Å². The molecule has 0 spiro atoms. The summed E-state index contributed by atoms with van der Waals surface area (Å²) in [5, 5.41) is 0. The molecule has 0 amide bonds. The fourth-order valence-corrected chi connectivity index (χ4v) is 0.410. The highest BCUT2D eigenvalue weighted by Gasteiger charge is 1.94. The van der Waals surface area contributed by atoms with E-state index in [0.29, 0.717) is 12.7 Å². The monoisotopic (exact) mass is 208 g/mol. The van der Waals surface area contributed by atoms with E-state index in [9.17, 15) is 9.59 Å². The summed E-state index contributed by atoms with van der Waals surface area (Å²) in [5.41, 5.74) is 0. The number of unbranched alkanes of at least 4 members (excludes halogenated alkanes) is 1. The third-order valence-electron chi connectivity index (χ3n) is 0.908. The van der Waals surface area contributed by atoms with Crippen LogP contribution in [0.3, 0.4) is 0 Å². The summed E-state index contributed by atoms with van der Waals surface area (Å²) in [6.45, 7) is 7.98. The smallest absolute Gasteiger partial charge is 0.195 e. The van der Waals surface area contributed by atoms with Crippen molar-refractivity contribution in [2.75, 3.05) is 0 Å². The lowest BCUT2D eigenvalue weighted by atomic mass is 10.2. The lowest BCUT2D eigenvalue weighted by Crippen LogP contribution is -1.96. The van der Waals surface area contributed by atoms with Gasteiger partial charge in [-0.05, 0) is 6.42 Å². The number of rotatable bonds is 4. The normalized spacial score (nSPS) is 6.58. The van der Waals surface area contributed by atoms with Crippen LogP contribution in [0.1, 0.15) is 26.2 Å². The summed E-state index contributed by atoms with van der Waals surface area (Å²) < 4.78 is 0. The highest BCUT2D eigenvalue weighted by molar-refractivity contribution is 8.59. The lowest BCUT2D eigenvalue weighted by molar-refractivity contribution is -0.129. The van der Waals surface area contributed by atoms with Gasteiger partial charge in [-0.15, -0.1) is 36.5 Å². The molecule has 0 heterocycles. The van der Waals surface area contributed by atoms with E-state index in [1.54, 1.807) is 0 Å². The SMILES string of the molecule is C=C.CCCCC(=O)C=O.SS. The number of aldehydes is 1. The first-order valence-electron chi connectivity index (χ1n) is 3.49.